The average Bonchev–Trinajstić information content (AvgIpc) is 2.55. The molecule has 0 aliphatic heterocycles. The third-order valence-electron chi connectivity index (χ3n) is 4.13. The number of hydrogen-bond acceptors (Lipinski definition) is 5. The third-order valence-corrected chi connectivity index (χ3v) is 7.54. The van der Waals surface area contributed by atoms with Crippen molar-refractivity contribution < 1.29 is 26.4 Å². The van der Waals surface area contributed by atoms with Gasteiger partial charge in [-0.15, -0.1) is 0 Å². The number of rotatable bonds is 4. The average molecular weight is 358 g/mol. The highest BCUT2D eigenvalue weighted by atomic mass is 32.2. The van der Waals surface area contributed by atoms with Crippen LogP contribution in [0.25, 0.3) is 5.53 Å². The number of nitrogens with zero attached hydrogens (tertiary/aromatic N) is 2. The van der Waals surface area contributed by atoms with E-state index in [0.717, 1.165) is 6.42 Å². The van der Waals surface area contributed by atoms with Gasteiger partial charge in [0.2, 0.25) is 0 Å². The first-order valence-corrected chi connectivity index (χ1v) is 9.81. The van der Waals surface area contributed by atoms with Gasteiger partial charge in [0.05, 0.1) is 7.11 Å². The van der Waals surface area contributed by atoms with E-state index in [1.54, 1.807) is 6.07 Å². The highest BCUT2D eigenvalue weighted by Gasteiger charge is 2.54. The normalized spacial score (nSPS) is 17.5. The molecule has 0 atom stereocenters. The third kappa shape index (κ3) is 3.04. The second-order valence-electron chi connectivity index (χ2n) is 5.41. The van der Waals surface area contributed by atoms with Crippen LogP contribution in [0.2, 0.25) is 0 Å². The quantitative estimate of drug-likeness (QED) is 0.287. The van der Waals surface area contributed by atoms with E-state index in [9.17, 15) is 22.4 Å². The molecule has 1 aliphatic rings. The van der Waals surface area contributed by atoms with Crippen LogP contribution in [0.1, 0.15) is 32.1 Å². The molecule has 1 fully saturated rings. The molecule has 1 aliphatic carbocycles. The van der Waals surface area contributed by atoms with Crippen molar-refractivity contribution in [2.75, 3.05) is 7.11 Å². The van der Waals surface area contributed by atoms with Gasteiger partial charge in [-0.1, -0.05) is 31.4 Å². The smallest absolute Gasteiger partial charge is 0.406 e. The summed E-state index contributed by atoms with van der Waals surface area (Å²) in [7, 11) is -6.12. The van der Waals surface area contributed by atoms with Gasteiger partial charge in [0, 0.05) is 0 Å². The lowest BCUT2D eigenvalue weighted by molar-refractivity contribution is -0.00741. The highest BCUT2D eigenvalue weighted by Crippen LogP contribution is 2.37. The fourth-order valence-corrected chi connectivity index (χ4v) is 6.11. The van der Waals surface area contributed by atoms with Crippen LogP contribution >= 0.6 is 0 Å². The SMILES string of the molecule is COc1ccccc1S(=O)(=O)C(=[N+]=[N-])C1([SH](=O)=O)CCCCC1. The van der Waals surface area contributed by atoms with Crippen LogP contribution in [0, 0.1) is 0 Å². The minimum atomic E-state index is -4.31. The van der Waals surface area contributed by atoms with Crippen molar-refractivity contribution in [1.29, 1.82) is 0 Å². The Bertz CT molecular complexity index is 809. The predicted octanol–water partition coefficient (Wildman–Crippen LogP) is 1.41. The van der Waals surface area contributed by atoms with Crippen LogP contribution < -0.4 is 4.74 Å². The second-order valence-corrected chi connectivity index (χ2v) is 8.61. The Balaban J connectivity index is 2.66. The molecule has 23 heavy (non-hydrogen) atoms. The molecule has 0 unspecified atom stereocenters. The molecule has 0 aromatic heterocycles. The number of methoxy groups -OCH3 is 1. The Hall–Kier alpha value is -1.70. The van der Waals surface area contributed by atoms with E-state index < -0.39 is 30.3 Å². The molecule has 7 nitrogen and oxygen atoms in total. The van der Waals surface area contributed by atoms with Gasteiger partial charge in [-0.2, -0.15) is 4.79 Å². The maximum atomic E-state index is 12.9. The van der Waals surface area contributed by atoms with Crippen LogP contribution in [0.3, 0.4) is 0 Å². The van der Waals surface area contributed by atoms with Gasteiger partial charge in [0.1, 0.15) is 10.6 Å². The number of benzene rings is 1. The topological polar surface area (TPSA) is 114 Å². The zero-order valence-electron chi connectivity index (χ0n) is 12.6. The monoisotopic (exact) mass is 358 g/mol. The zero-order chi connectivity index (χ0) is 17.1. The zero-order valence-corrected chi connectivity index (χ0v) is 14.3. The Morgan fingerprint density at radius 2 is 1.83 bits per heavy atom. The first-order chi connectivity index (χ1) is 10.9. The summed E-state index contributed by atoms with van der Waals surface area (Å²) in [6.45, 7) is 0. The van der Waals surface area contributed by atoms with E-state index in [1.807, 2.05) is 0 Å². The van der Waals surface area contributed by atoms with Crippen LogP contribution in [0.15, 0.2) is 29.2 Å². The fraction of sp³-hybridized carbons (Fsp3) is 0.500. The molecule has 9 heteroatoms. The first-order valence-electron chi connectivity index (χ1n) is 7.15. The van der Waals surface area contributed by atoms with E-state index in [-0.39, 0.29) is 23.5 Å². The van der Waals surface area contributed by atoms with Crippen LogP contribution in [0.4, 0.5) is 0 Å². The Kier molecular flexibility index (Phi) is 5.23. The van der Waals surface area contributed by atoms with Gasteiger partial charge in [-0.3, -0.25) is 0 Å². The Morgan fingerprint density at radius 3 is 2.35 bits per heavy atom. The molecular formula is C14H18N2O5S2. The minimum absolute atomic E-state index is 0.0701. The molecular weight excluding hydrogens is 340 g/mol. The summed E-state index contributed by atoms with van der Waals surface area (Å²) in [5.41, 5.74) is 9.35. The molecule has 126 valence electrons. The highest BCUT2D eigenvalue weighted by molar-refractivity contribution is 8.07. The molecule has 0 N–H and O–H groups in total. The largest absolute Gasteiger partial charge is 0.495 e. The number of hydrogen-bond donors (Lipinski definition) is 1. The molecule has 0 amide bonds. The Morgan fingerprint density at radius 1 is 1.22 bits per heavy atom. The molecule has 0 spiro atoms. The summed E-state index contributed by atoms with van der Waals surface area (Å²) in [6.07, 6.45) is 2.19. The van der Waals surface area contributed by atoms with Gasteiger partial charge in [-0.05, 0) is 25.0 Å². The summed E-state index contributed by atoms with van der Waals surface area (Å²) >= 11 is 0. The van der Waals surface area contributed by atoms with E-state index >= 15 is 0 Å². The molecule has 1 aromatic rings. The van der Waals surface area contributed by atoms with Crippen LogP contribution in [-0.4, -0.2) is 38.5 Å². The van der Waals surface area contributed by atoms with Crippen molar-refractivity contribution in [2.24, 2.45) is 0 Å². The molecule has 1 aromatic carbocycles. The summed E-state index contributed by atoms with van der Waals surface area (Å²) in [5.74, 6) is 0.0701. The van der Waals surface area contributed by atoms with Gasteiger partial charge in [-0.25, -0.2) is 16.8 Å². The van der Waals surface area contributed by atoms with E-state index in [0.29, 0.717) is 12.8 Å². The molecule has 0 heterocycles. The van der Waals surface area contributed by atoms with Crippen LogP contribution in [0.5, 0.6) is 5.75 Å². The molecule has 0 bridgehead atoms. The standard InChI is InChI=1S/C14H18N2O5S2/c1-21-11-7-3-4-8-12(11)23(19,20)13(16-15)14(22(17)18)9-5-2-6-10-14/h3-4,7-8,22H,2,5-6,9-10H2,1H3. The summed E-state index contributed by atoms with van der Waals surface area (Å²) in [6, 6.07) is 5.84. The lowest BCUT2D eigenvalue weighted by Gasteiger charge is -2.27. The molecule has 0 radical (unpaired) electrons. The lowest BCUT2D eigenvalue weighted by atomic mass is 9.89. The molecule has 1 saturated carbocycles. The first kappa shape index (κ1) is 17.7. The van der Waals surface area contributed by atoms with Crippen molar-refractivity contribution in [1.82, 2.24) is 0 Å². The second kappa shape index (κ2) is 6.82. The van der Waals surface area contributed by atoms with E-state index in [1.165, 1.54) is 25.3 Å². The summed E-state index contributed by atoms with van der Waals surface area (Å²) < 4.78 is 52.9. The maximum absolute atomic E-state index is 12.9. The number of ether oxygens (including phenoxy) is 1. The minimum Gasteiger partial charge on any atom is -0.495 e. The maximum Gasteiger partial charge on any atom is 0.406 e. The fourth-order valence-electron chi connectivity index (χ4n) is 2.95. The van der Waals surface area contributed by atoms with Crippen molar-refractivity contribution in [3.63, 3.8) is 0 Å². The Labute approximate surface area is 136 Å². The van der Waals surface area contributed by atoms with Crippen molar-refractivity contribution in [2.45, 2.75) is 41.7 Å². The van der Waals surface area contributed by atoms with Crippen molar-refractivity contribution in [3.05, 3.63) is 29.8 Å². The van der Waals surface area contributed by atoms with Crippen LogP contribution in [-0.2, 0) is 20.5 Å². The number of sulfone groups is 1. The van der Waals surface area contributed by atoms with Crippen molar-refractivity contribution in [3.8, 4) is 5.75 Å². The summed E-state index contributed by atoms with van der Waals surface area (Å²) in [4.78, 5) is 2.71. The summed E-state index contributed by atoms with van der Waals surface area (Å²) in [5, 5.41) is -0.717. The van der Waals surface area contributed by atoms with Gasteiger partial charge in [0.15, 0.2) is 15.5 Å². The van der Waals surface area contributed by atoms with Crippen molar-refractivity contribution >= 4 is 25.6 Å². The molecule has 2 rings (SSSR count). The predicted molar refractivity (Wildman–Crippen MR) is 84.9 cm³/mol. The van der Waals surface area contributed by atoms with Gasteiger partial charge >= 0.3 is 5.04 Å². The van der Waals surface area contributed by atoms with E-state index in [4.69, 9.17) is 4.74 Å². The van der Waals surface area contributed by atoms with E-state index in [2.05, 4.69) is 4.79 Å². The number of para-hydroxylation sites is 1. The number of thiol groups is 1. The van der Waals surface area contributed by atoms with Gasteiger partial charge in [0.25, 0.3) is 9.84 Å². The molecule has 0 saturated heterocycles. The lowest BCUT2D eigenvalue weighted by Crippen LogP contribution is -2.46. The van der Waals surface area contributed by atoms with Gasteiger partial charge < -0.3 is 10.3 Å².